The number of morpholine rings is 1. The Hall–Kier alpha value is -1.83. The molecule has 1 aliphatic rings. The van der Waals surface area contributed by atoms with Crippen LogP contribution in [0.25, 0.3) is 5.69 Å². The molecule has 0 N–H and O–H groups in total. The minimum absolute atomic E-state index is 0.390. The molecule has 7 heteroatoms. The first-order valence-corrected chi connectivity index (χ1v) is 7.60. The lowest BCUT2D eigenvalue weighted by atomic mass is 10.3. The fourth-order valence-electron chi connectivity index (χ4n) is 2.41. The summed E-state index contributed by atoms with van der Waals surface area (Å²) < 4.78 is 38.6. The zero-order chi connectivity index (χ0) is 16.1. The fourth-order valence-corrected chi connectivity index (χ4v) is 2.41. The van der Waals surface area contributed by atoms with Crippen molar-refractivity contribution in [3.8, 4) is 5.69 Å². The van der Waals surface area contributed by atoms with Gasteiger partial charge in [-0.3, -0.25) is 4.90 Å². The SMILES string of the molecule is Fc1ccc(-n2ccc(COCCN3CCOCC3)n2)cc1F. The Kier molecular flexibility index (Phi) is 5.32. The summed E-state index contributed by atoms with van der Waals surface area (Å²) in [4.78, 5) is 2.30. The van der Waals surface area contributed by atoms with Crippen molar-refractivity contribution in [2.24, 2.45) is 0 Å². The van der Waals surface area contributed by atoms with Gasteiger partial charge in [0.25, 0.3) is 0 Å². The number of aromatic nitrogens is 2. The Bertz CT molecular complexity index is 642. The number of hydrogen-bond acceptors (Lipinski definition) is 4. The Balaban J connectivity index is 1.48. The molecule has 0 amide bonds. The highest BCUT2D eigenvalue weighted by atomic mass is 19.2. The summed E-state index contributed by atoms with van der Waals surface area (Å²) >= 11 is 0. The minimum Gasteiger partial charge on any atom is -0.379 e. The Morgan fingerprint density at radius 2 is 1.96 bits per heavy atom. The van der Waals surface area contributed by atoms with Crippen LogP contribution in [0.15, 0.2) is 30.5 Å². The van der Waals surface area contributed by atoms with E-state index in [4.69, 9.17) is 9.47 Å². The molecule has 1 fully saturated rings. The maximum Gasteiger partial charge on any atom is 0.160 e. The third kappa shape index (κ3) is 4.34. The van der Waals surface area contributed by atoms with Crippen LogP contribution in [0.1, 0.15) is 5.69 Å². The maximum absolute atomic E-state index is 13.2. The summed E-state index contributed by atoms with van der Waals surface area (Å²) in [5, 5.41) is 4.30. The van der Waals surface area contributed by atoms with Crippen LogP contribution in [0.3, 0.4) is 0 Å². The van der Waals surface area contributed by atoms with Crippen molar-refractivity contribution in [3.05, 3.63) is 47.8 Å². The fraction of sp³-hybridized carbons (Fsp3) is 0.438. The van der Waals surface area contributed by atoms with Gasteiger partial charge in [0.2, 0.25) is 0 Å². The van der Waals surface area contributed by atoms with Gasteiger partial charge in [-0.15, -0.1) is 0 Å². The van der Waals surface area contributed by atoms with Gasteiger partial charge in [0.15, 0.2) is 11.6 Å². The highest BCUT2D eigenvalue weighted by Crippen LogP contribution is 2.13. The number of benzene rings is 1. The van der Waals surface area contributed by atoms with E-state index in [1.54, 1.807) is 12.3 Å². The summed E-state index contributed by atoms with van der Waals surface area (Å²) in [5.74, 6) is -1.76. The molecule has 0 unspecified atom stereocenters. The topological polar surface area (TPSA) is 39.5 Å². The molecule has 2 heterocycles. The molecule has 23 heavy (non-hydrogen) atoms. The first-order valence-electron chi connectivity index (χ1n) is 7.60. The van der Waals surface area contributed by atoms with Crippen LogP contribution in [0, 0.1) is 11.6 Å². The van der Waals surface area contributed by atoms with E-state index in [0.29, 0.717) is 18.9 Å². The van der Waals surface area contributed by atoms with E-state index in [0.717, 1.165) is 50.7 Å². The van der Waals surface area contributed by atoms with Crippen molar-refractivity contribution in [1.82, 2.24) is 14.7 Å². The normalized spacial score (nSPS) is 15.9. The summed E-state index contributed by atoms with van der Waals surface area (Å²) in [6.45, 7) is 5.31. The predicted molar refractivity (Wildman–Crippen MR) is 80.4 cm³/mol. The van der Waals surface area contributed by atoms with Gasteiger partial charge in [0.1, 0.15) is 0 Å². The first kappa shape index (κ1) is 16.0. The van der Waals surface area contributed by atoms with Gasteiger partial charge in [-0.05, 0) is 18.2 Å². The molecule has 1 saturated heterocycles. The molecule has 0 bridgehead atoms. The molecule has 0 atom stereocenters. The van der Waals surface area contributed by atoms with Gasteiger partial charge in [-0.25, -0.2) is 13.5 Å². The zero-order valence-electron chi connectivity index (χ0n) is 12.8. The highest BCUT2D eigenvalue weighted by Gasteiger charge is 2.10. The molecule has 5 nitrogen and oxygen atoms in total. The number of ether oxygens (including phenoxy) is 2. The first-order chi connectivity index (χ1) is 11.2. The largest absolute Gasteiger partial charge is 0.379 e. The van der Waals surface area contributed by atoms with Crippen LogP contribution >= 0.6 is 0 Å². The van der Waals surface area contributed by atoms with E-state index in [2.05, 4.69) is 10.00 Å². The van der Waals surface area contributed by atoms with E-state index < -0.39 is 11.6 Å². The van der Waals surface area contributed by atoms with Crippen molar-refractivity contribution in [3.63, 3.8) is 0 Å². The third-order valence-corrected chi connectivity index (χ3v) is 3.72. The van der Waals surface area contributed by atoms with Crippen LogP contribution in [-0.2, 0) is 16.1 Å². The molecule has 1 aromatic carbocycles. The molecule has 1 aromatic heterocycles. The van der Waals surface area contributed by atoms with Crippen LogP contribution in [-0.4, -0.2) is 54.1 Å². The van der Waals surface area contributed by atoms with Gasteiger partial charge >= 0.3 is 0 Å². The molecule has 1 aliphatic heterocycles. The molecule has 0 spiro atoms. The van der Waals surface area contributed by atoms with Gasteiger partial charge in [-0.2, -0.15) is 5.10 Å². The summed E-state index contributed by atoms with van der Waals surface area (Å²) in [7, 11) is 0. The molecule has 0 aliphatic carbocycles. The zero-order valence-corrected chi connectivity index (χ0v) is 12.8. The summed E-state index contributed by atoms with van der Waals surface area (Å²) in [5.41, 5.74) is 1.22. The van der Waals surface area contributed by atoms with E-state index >= 15 is 0 Å². The number of nitrogens with zero attached hydrogens (tertiary/aromatic N) is 3. The van der Waals surface area contributed by atoms with E-state index in [9.17, 15) is 8.78 Å². The van der Waals surface area contributed by atoms with Crippen LogP contribution < -0.4 is 0 Å². The Labute approximate surface area is 133 Å². The van der Waals surface area contributed by atoms with Gasteiger partial charge in [0.05, 0.1) is 37.8 Å². The van der Waals surface area contributed by atoms with Crippen LogP contribution in [0.4, 0.5) is 8.78 Å². The van der Waals surface area contributed by atoms with Crippen molar-refractivity contribution >= 4 is 0 Å². The smallest absolute Gasteiger partial charge is 0.160 e. The standard InChI is InChI=1S/C16H19F2N3O2/c17-15-2-1-14(11-16(15)18)21-4-3-13(19-21)12-23-10-7-20-5-8-22-9-6-20/h1-4,11H,5-10,12H2. The van der Waals surface area contributed by atoms with E-state index in [-0.39, 0.29) is 0 Å². The minimum atomic E-state index is -0.888. The quantitative estimate of drug-likeness (QED) is 0.762. The number of hydrogen-bond donors (Lipinski definition) is 0. The van der Waals surface area contributed by atoms with Crippen LogP contribution in [0.5, 0.6) is 0 Å². The maximum atomic E-state index is 13.2. The molecular weight excluding hydrogens is 304 g/mol. The molecule has 124 valence electrons. The lowest BCUT2D eigenvalue weighted by Crippen LogP contribution is -2.38. The predicted octanol–water partition coefficient (Wildman–Crippen LogP) is 2.00. The average Bonchev–Trinajstić information content (AvgIpc) is 3.04. The molecule has 2 aromatic rings. The lowest BCUT2D eigenvalue weighted by molar-refractivity contribution is 0.0176. The van der Waals surface area contributed by atoms with Crippen molar-refractivity contribution < 1.29 is 18.3 Å². The molecule has 0 saturated carbocycles. The highest BCUT2D eigenvalue weighted by molar-refractivity contribution is 5.32. The molecule has 0 radical (unpaired) electrons. The van der Waals surface area contributed by atoms with E-state index in [1.807, 2.05) is 0 Å². The van der Waals surface area contributed by atoms with Crippen molar-refractivity contribution in [2.45, 2.75) is 6.61 Å². The van der Waals surface area contributed by atoms with Gasteiger partial charge in [-0.1, -0.05) is 0 Å². The van der Waals surface area contributed by atoms with Crippen molar-refractivity contribution in [1.29, 1.82) is 0 Å². The Morgan fingerprint density at radius 1 is 1.13 bits per heavy atom. The third-order valence-electron chi connectivity index (χ3n) is 3.72. The lowest BCUT2D eigenvalue weighted by Gasteiger charge is -2.26. The Morgan fingerprint density at radius 3 is 2.74 bits per heavy atom. The summed E-state index contributed by atoms with van der Waals surface area (Å²) in [6, 6.07) is 5.49. The molecular formula is C16H19F2N3O2. The second-order valence-electron chi connectivity index (χ2n) is 5.36. The van der Waals surface area contributed by atoms with Gasteiger partial charge in [0, 0.05) is 31.9 Å². The second-order valence-corrected chi connectivity index (χ2v) is 5.36. The van der Waals surface area contributed by atoms with Crippen LogP contribution in [0.2, 0.25) is 0 Å². The van der Waals surface area contributed by atoms with E-state index in [1.165, 1.54) is 10.7 Å². The average molecular weight is 323 g/mol. The monoisotopic (exact) mass is 323 g/mol. The molecule has 3 rings (SSSR count). The second kappa shape index (κ2) is 7.63. The number of halogens is 2. The number of rotatable bonds is 6. The van der Waals surface area contributed by atoms with Crippen molar-refractivity contribution in [2.75, 3.05) is 39.5 Å². The van der Waals surface area contributed by atoms with Gasteiger partial charge < -0.3 is 9.47 Å². The summed E-state index contributed by atoms with van der Waals surface area (Å²) in [6.07, 6.45) is 1.70.